The molecule has 2 fully saturated rings. The van der Waals surface area contributed by atoms with Crippen molar-refractivity contribution in [2.45, 2.75) is 44.1 Å². The van der Waals surface area contributed by atoms with E-state index in [4.69, 9.17) is 0 Å². The molecular weight excluding hydrogens is 250 g/mol. The zero-order valence-electron chi connectivity index (χ0n) is 12.0. The molecule has 1 saturated carbocycles. The van der Waals surface area contributed by atoms with Crippen LogP contribution in [0.5, 0.6) is 0 Å². The van der Waals surface area contributed by atoms with Gasteiger partial charge in [0, 0.05) is 32.0 Å². The fraction of sp³-hybridized carbons (Fsp3) is 0.625. The van der Waals surface area contributed by atoms with Gasteiger partial charge in [0.25, 0.3) is 0 Å². The number of rotatable bonds is 2. The number of carbonyl (C=O) groups is 1. The van der Waals surface area contributed by atoms with E-state index in [0.717, 1.165) is 38.0 Å². The largest absolute Gasteiger partial charge is 0.334 e. The number of nitrogens with one attached hydrogen (secondary N) is 1. The van der Waals surface area contributed by atoms with Crippen LogP contribution in [0.4, 0.5) is 0 Å². The molecule has 0 atom stereocenters. The number of aromatic nitrogens is 1. The summed E-state index contributed by atoms with van der Waals surface area (Å²) in [5.41, 5.74) is 1.09. The highest BCUT2D eigenvalue weighted by Crippen LogP contribution is 2.34. The number of nitrogens with zero attached hydrogens (tertiary/aromatic N) is 2. The Hall–Kier alpha value is -1.42. The van der Waals surface area contributed by atoms with Crippen molar-refractivity contribution in [3.05, 3.63) is 30.1 Å². The summed E-state index contributed by atoms with van der Waals surface area (Å²) < 4.78 is 0. The predicted molar refractivity (Wildman–Crippen MR) is 78.3 cm³/mol. The molecule has 20 heavy (non-hydrogen) atoms. The van der Waals surface area contributed by atoms with Crippen LogP contribution in [0.25, 0.3) is 0 Å². The van der Waals surface area contributed by atoms with E-state index in [1.165, 1.54) is 19.3 Å². The lowest BCUT2D eigenvalue weighted by molar-refractivity contribution is -0.140. The monoisotopic (exact) mass is 273 g/mol. The molecule has 3 rings (SSSR count). The molecule has 1 spiro atoms. The summed E-state index contributed by atoms with van der Waals surface area (Å²) in [7, 11) is 0. The second-order valence-corrected chi connectivity index (χ2v) is 6.05. The Bertz CT molecular complexity index is 446. The van der Waals surface area contributed by atoms with Crippen LogP contribution in [-0.4, -0.2) is 41.0 Å². The molecule has 0 bridgehead atoms. The van der Waals surface area contributed by atoms with Crippen LogP contribution in [0.3, 0.4) is 0 Å². The summed E-state index contributed by atoms with van der Waals surface area (Å²) in [5.74, 6) is 0.265. The van der Waals surface area contributed by atoms with Crippen molar-refractivity contribution < 1.29 is 4.79 Å². The minimum absolute atomic E-state index is 0.0792. The lowest BCUT2D eigenvalue weighted by Gasteiger charge is -2.50. The second-order valence-electron chi connectivity index (χ2n) is 6.05. The third-order valence-electron chi connectivity index (χ3n) is 4.70. The first-order chi connectivity index (χ1) is 9.80. The number of piperazine rings is 1. The van der Waals surface area contributed by atoms with E-state index in [1.54, 1.807) is 12.4 Å². The van der Waals surface area contributed by atoms with Crippen LogP contribution >= 0.6 is 0 Å². The minimum atomic E-state index is 0.0792. The molecule has 4 heteroatoms. The first-order valence-electron chi connectivity index (χ1n) is 7.70. The molecule has 0 aromatic carbocycles. The second kappa shape index (κ2) is 5.92. The topological polar surface area (TPSA) is 45.2 Å². The maximum Gasteiger partial charge on any atom is 0.227 e. The fourth-order valence-electron chi connectivity index (χ4n) is 3.66. The van der Waals surface area contributed by atoms with Gasteiger partial charge in [-0.1, -0.05) is 25.3 Å². The molecule has 1 amide bonds. The highest BCUT2D eigenvalue weighted by Gasteiger charge is 2.41. The van der Waals surface area contributed by atoms with Crippen LogP contribution in [0, 0.1) is 0 Å². The Morgan fingerprint density at radius 1 is 1.35 bits per heavy atom. The quantitative estimate of drug-likeness (QED) is 0.893. The maximum absolute atomic E-state index is 12.7. The van der Waals surface area contributed by atoms with Crippen molar-refractivity contribution in [3.8, 4) is 0 Å². The first kappa shape index (κ1) is 13.6. The summed E-state index contributed by atoms with van der Waals surface area (Å²) in [6, 6.07) is 3.89. The van der Waals surface area contributed by atoms with E-state index >= 15 is 0 Å². The summed E-state index contributed by atoms with van der Waals surface area (Å²) >= 11 is 0. The van der Waals surface area contributed by atoms with Crippen LogP contribution < -0.4 is 5.32 Å². The highest BCUT2D eigenvalue weighted by molar-refractivity contribution is 5.79. The SMILES string of the molecule is O=C(Cc1cccnc1)N1CCNCC12CCCCC2. The average molecular weight is 273 g/mol. The third-order valence-corrected chi connectivity index (χ3v) is 4.70. The zero-order chi connectivity index (χ0) is 13.8. The minimum Gasteiger partial charge on any atom is -0.334 e. The van der Waals surface area contributed by atoms with Crippen LogP contribution in [0.2, 0.25) is 0 Å². The molecule has 0 unspecified atom stereocenters. The summed E-state index contributed by atoms with van der Waals surface area (Å²) in [6.45, 7) is 2.73. The van der Waals surface area contributed by atoms with Crippen molar-refractivity contribution in [3.63, 3.8) is 0 Å². The van der Waals surface area contributed by atoms with E-state index in [-0.39, 0.29) is 11.4 Å². The molecule has 1 aliphatic carbocycles. The first-order valence-corrected chi connectivity index (χ1v) is 7.70. The van der Waals surface area contributed by atoms with Gasteiger partial charge in [-0.3, -0.25) is 9.78 Å². The van der Waals surface area contributed by atoms with Gasteiger partial charge in [-0.15, -0.1) is 0 Å². The average Bonchev–Trinajstić information content (AvgIpc) is 2.49. The lowest BCUT2D eigenvalue weighted by Crippen LogP contribution is -2.63. The van der Waals surface area contributed by atoms with Crippen molar-refractivity contribution in [1.29, 1.82) is 0 Å². The molecule has 1 saturated heterocycles. The van der Waals surface area contributed by atoms with E-state index in [1.807, 2.05) is 12.1 Å². The summed E-state index contributed by atoms with van der Waals surface area (Å²) in [4.78, 5) is 19.0. The molecule has 2 heterocycles. The van der Waals surface area contributed by atoms with Gasteiger partial charge in [-0.05, 0) is 24.5 Å². The van der Waals surface area contributed by atoms with Gasteiger partial charge in [0.15, 0.2) is 0 Å². The predicted octanol–water partition coefficient (Wildman–Crippen LogP) is 1.76. The zero-order valence-corrected chi connectivity index (χ0v) is 12.0. The van der Waals surface area contributed by atoms with Crippen molar-refractivity contribution >= 4 is 5.91 Å². The summed E-state index contributed by atoms with van der Waals surface area (Å²) in [5, 5.41) is 3.49. The molecule has 1 N–H and O–H groups in total. The highest BCUT2D eigenvalue weighted by atomic mass is 16.2. The van der Waals surface area contributed by atoms with E-state index in [2.05, 4.69) is 15.2 Å². The Balaban J connectivity index is 1.74. The van der Waals surface area contributed by atoms with Gasteiger partial charge in [-0.25, -0.2) is 0 Å². The third kappa shape index (κ3) is 2.70. The number of hydrogen-bond acceptors (Lipinski definition) is 3. The van der Waals surface area contributed by atoms with E-state index in [0.29, 0.717) is 6.42 Å². The standard InChI is InChI=1S/C16H23N3O/c20-15(11-14-5-4-8-17-12-14)19-10-9-18-13-16(19)6-2-1-3-7-16/h4-5,8,12,18H,1-3,6-7,9-11,13H2. The molecule has 1 aromatic rings. The Morgan fingerprint density at radius 3 is 2.95 bits per heavy atom. The Morgan fingerprint density at radius 2 is 2.20 bits per heavy atom. The molecule has 1 aromatic heterocycles. The van der Waals surface area contributed by atoms with Crippen molar-refractivity contribution in [2.75, 3.05) is 19.6 Å². The van der Waals surface area contributed by atoms with Gasteiger partial charge in [0.1, 0.15) is 0 Å². The molecule has 0 radical (unpaired) electrons. The summed E-state index contributed by atoms with van der Waals surface area (Å²) in [6.07, 6.45) is 10.1. The number of hydrogen-bond donors (Lipinski definition) is 1. The Kier molecular flexibility index (Phi) is 4.01. The van der Waals surface area contributed by atoms with Crippen LogP contribution in [-0.2, 0) is 11.2 Å². The van der Waals surface area contributed by atoms with Crippen molar-refractivity contribution in [1.82, 2.24) is 15.2 Å². The van der Waals surface area contributed by atoms with E-state index in [9.17, 15) is 4.79 Å². The molecule has 1 aliphatic heterocycles. The smallest absolute Gasteiger partial charge is 0.227 e. The fourth-order valence-corrected chi connectivity index (χ4v) is 3.66. The van der Waals surface area contributed by atoms with Gasteiger partial charge in [-0.2, -0.15) is 0 Å². The maximum atomic E-state index is 12.7. The number of pyridine rings is 1. The lowest BCUT2D eigenvalue weighted by atomic mass is 9.79. The molecule has 4 nitrogen and oxygen atoms in total. The Labute approximate surface area is 120 Å². The van der Waals surface area contributed by atoms with Crippen LogP contribution in [0.15, 0.2) is 24.5 Å². The van der Waals surface area contributed by atoms with E-state index < -0.39 is 0 Å². The van der Waals surface area contributed by atoms with Crippen LogP contribution in [0.1, 0.15) is 37.7 Å². The van der Waals surface area contributed by atoms with Gasteiger partial charge < -0.3 is 10.2 Å². The molecule has 2 aliphatic rings. The van der Waals surface area contributed by atoms with Crippen molar-refractivity contribution in [2.24, 2.45) is 0 Å². The number of carbonyl (C=O) groups excluding carboxylic acids is 1. The molecule has 108 valence electrons. The number of amides is 1. The van der Waals surface area contributed by atoms with Gasteiger partial charge in [0.2, 0.25) is 5.91 Å². The normalized spacial score (nSPS) is 21.9. The van der Waals surface area contributed by atoms with Gasteiger partial charge >= 0.3 is 0 Å². The van der Waals surface area contributed by atoms with Gasteiger partial charge in [0.05, 0.1) is 12.0 Å². The molecular formula is C16H23N3O.